The fourth-order valence-corrected chi connectivity index (χ4v) is 6.22. The van der Waals surface area contributed by atoms with Crippen molar-refractivity contribution in [2.75, 3.05) is 44.4 Å². The SMILES string of the molecule is Cc1cccn2c(=O)c(/C=C3/SC(=S)N(CC(=O)O)C3=O)c(N3CCN(Cc4ccc5c(c4)OCO5)CC3)nc12. The number of nitrogens with zero attached hydrogens (tertiary/aromatic N) is 5. The number of thioether (sulfide) groups is 1. The number of benzene rings is 1. The van der Waals surface area contributed by atoms with Crippen LogP contribution in [0.1, 0.15) is 16.7 Å². The number of fused-ring (bicyclic) bond motifs is 2. The summed E-state index contributed by atoms with van der Waals surface area (Å²) in [4.78, 5) is 48.4. The number of piperazine rings is 1. The van der Waals surface area contributed by atoms with Crippen molar-refractivity contribution in [2.24, 2.45) is 0 Å². The topological polar surface area (TPSA) is 117 Å². The highest BCUT2D eigenvalue weighted by Crippen LogP contribution is 2.34. The van der Waals surface area contributed by atoms with Crippen LogP contribution >= 0.6 is 24.0 Å². The molecule has 0 aliphatic carbocycles. The van der Waals surface area contributed by atoms with Crippen LogP contribution < -0.4 is 19.9 Å². The third kappa shape index (κ3) is 4.91. The number of carbonyl (C=O) groups excluding carboxylic acids is 1. The van der Waals surface area contributed by atoms with E-state index in [1.165, 1.54) is 10.5 Å². The van der Waals surface area contributed by atoms with Gasteiger partial charge >= 0.3 is 5.97 Å². The number of pyridine rings is 1. The lowest BCUT2D eigenvalue weighted by Crippen LogP contribution is -2.47. The van der Waals surface area contributed by atoms with Crippen molar-refractivity contribution in [1.82, 2.24) is 19.2 Å². The number of aryl methyl sites for hydroxylation is 1. The van der Waals surface area contributed by atoms with Gasteiger partial charge in [-0.05, 0) is 42.3 Å². The number of carboxylic acids is 1. The summed E-state index contributed by atoms with van der Waals surface area (Å²) in [5, 5.41) is 9.18. The van der Waals surface area contributed by atoms with E-state index in [2.05, 4.69) is 9.80 Å². The van der Waals surface area contributed by atoms with E-state index < -0.39 is 18.4 Å². The maximum atomic E-state index is 13.7. The number of hydrogen-bond acceptors (Lipinski definition) is 10. The van der Waals surface area contributed by atoms with Gasteiger partial charge in [-0.3, -0.25) is 28.6 Å². The first-order chi connectivity index (χ1) is 19.3. The fraction of sp³-hybridized carbons (Fsp3) is 0.296. The van der Waals surface area contributed by atoms with Crippen molar-refractivity contribution in [1.29, 1.82) is 0 Å². The molecule has 3 aliphatic rings. The zero-order valence-corrected chi connectivity index (χ0v) is 23.2. The van der Waals surface area contributed by atoms with Crippen LogP contribution in [0.25, 0.3) is 11.7 Å². The number of hydrogen-bond donors (Lipinski definition) is 1. The lowest BCUT2D eigenvalue weighted by atomic mass is 10.1. The van der Waals surface area contributed by atoms with E-state index in [1.54, 1.807) is 12.3 Å². The van der Waals surface area contributed by atoms with E-state index in [0.29, 0.717) is 24.6 Å². The molecule has 13 heteroatoms. The van der Waals surface area contributed by atoms with Gasteiger partial charge in [-0.2, -0.15) is 0 Å². The second-order valence-electron chi connectivity index (χ2n) is 9.65. The summed E-state index contributed by atoms with van der Waals surface area (Å²) in [5.41, 5.74) is 2.47. The molecule has 206 valence electrons. The molecule has 2 aromatic heterocycles. The fourth-order valence-electron chi connectivity index (χ4n) is 4.99. The molecular weight excluding hydrogens is 554 g/mol. The number of aromatic nitrogens is 2. The summed E-state index contributed by atoms with van der Waals surface area (Å²) in [7, 11) is 0. The number of ether oxygens (including phenoxy) is 2. The Hall–Kier alpha value is -3.94. The van der Waals surface area contributed by atoms with E-state index >= 15 is 0 Å². The van der Waals surface area contributed by atoms with Crippen molar-refractivity contribution >= 4 is 57.7 Å². The predicted molar refractivity (Wildman–Crippen MR) is 154 cm³/mol. The predicted octanol–water partition coefficient (Wildman–Crippen LogP) is 2.34. The molecule has 11 nitrogen and oxygen atoms in total. The van der Waals surface area contributed by atoms with Crippen molar-refractivity contribution < 1.29 is 24.2 Å². The number of rotatable bonds is 6. The smallest absolute Gasteiger partial charge is 0.323 e. The minimum absolute atomic E-state index is 0.141. The van der Waals surface area contributed by atoms with E-state index in [9.17, 15) is 19.5 Å². The average molecular weight is 580 g/mol. The highest BCUT2D eigenvalue weighted by molar-refractivity contribution is 8.26. The molecule has 40 heavy (non-hydrogen) atoms. The number of amides is 1. The Morgan fingerprint density at radius 2 is 1.93 bits per heavy atom. The Balaban J connectivity index is 1.30. The maximum absolute atomic E-state index is 13.7. The summed E-state index contributed by atoms with van der Waals surface area (Å²) in [6.07, 6.45) is 3.15. The molecule has 0 radical (unpaired) electrons. The minimum Gasteiger partial charge on any atom is -0.480 e. The molecule has 1 aromatic carbocycles. The summed E-state index contributed by atoms with van der Waals surface area (Å²) in [5.74, 6) is 0.298. The maximum Gasteiger partial charge on any atom is 0.323 e. The molecule has 2 fully saturated rings. The second kappa shape index (κ2) is 10.6. The van der Waals surface area contributed by atoms with Gasteiger partial charge in [0.25, 0.3) is 11.5 Å². The Labute approximate surface area is 238 Å². The van der Waals surface area contributed by atoms with Crippen molar-refractivity contribution in [3.8, 4) is 11.5 Å². The van der Waals surface area contributed by atoms with Gasteiger partial charge in [0.1, 0.15) is 22.3 Å². The average Bonchev–Trinajstić information content (AvgIpc) is 3.50. The van der Waals surface area contributed by atoms with Crippen LogP contribution in [-0.2, 0) is 16.1 Å². The molecule has 0 bridgehead atoms. The molecule has 1 amide bonds. The van der Waals surface area contributed by atoms with E-state index in [4.69, 9.17) is 26.7 Å². The molecule has 0 saturated carbocycles. The van der Waals surface area contributed by atoms with Gasteiger partial charge in [0, 0.05) is 38.9 Å². The molecule has 3 aromatic rings. The monoisotopic (exact) mass is 579 g/mol. The first kappa shape index (κ1) is 26.3. The van der Waals surface area contributed by atoms with Gasteiger partial charge in [0.15, 0.2) is 11.5 Å². The molecule has 6 rings (SSSR count). The Bertz CT molecular complexity index is 1650. The van der Waals surface area contributed by atoms with Gasteiger partial charge in [0.2, 0.25) is 6.79 Å². The normalized spacial score (nSPS) is 18.4. The van der Waals surface area contributed by atoms with Gasteiger partial charge in [0.05, 0.1) is 10.5 Å². The summed E-state index contributed by atoms with van der Waals surface area (Å²) < 4.78 is 12.5. The molecule has 0 unspecified atom stereocenters. The van der Waals surface area contributed by atoms with Crippen LogP contribution in [0.3, 0.4) is 0 Å². The lowest BCUT2D eigenvalue weighted by Gasteiger charge is -2.36. The molecule has 3 aliphatic heterocycles. The van der Waals surface area contributed by atoms with Crippen LogP contribution in [0.15, 0.2) is 46.2 Å². The highest BCUT2D eigenvalue weighted by Gasteiger charge is 2.34. The van der Waals surface area contributed by atoms with E-state index in [0.717, 1.165) is 58.9 Å². The minimum atomic E-state index is -1.17. The van der Waals surface area contributed by atoms with E-state index in [-0.39, 0.29) is 27.1 Å². The molecule has 0 spiro atoms. The number of carbonyl (C=O) groups is 2. The van der Waals surface area contributed by atoms with Crippen LogP contribution in [0.4, 0.5) is 5.82 Å². The van der Waals surface area contributed by atoms with Gasteiger partial charge in [-0.15, -0.1) is 0 Å². The number of anilines is 1. The van der Waals surface area contributed by atoms with Gasteiger partial charge < -0.3 is 19.5 Å². The first-order valence-corrected chi connectivity index (χ1v) is 13.9. The summed E-state index contributed by atoms with van der Waals surface area (Å²) in [6.45, 7) is 5.07. The van der Waals surface area contributed by atoms with Gasteiger partial charge in [-0.1, -0.05) is 36.1 Å². The van der Waals surface area contributed by atoms with Crippen LogP contribution in [-0.4, -0.2) is 80.0 Å². The largest absolute Gasteiger partial charge is 0.480 e. The third-order valence-electron chi connectivity index (χ3n) is 7.02. The van der Waals surface area contributed by atoms with Crippen LogP contribution in [0.5, 0.6) is 11.5 Å². The van der Waals surface area contributed by atoms with Crippen molar-refractivity contribution in [3.05, 3.63) is 68.5 Å². The first-order valence-electron chi connectivity index (χ1n) is 12.6. The zero-order chi connectivity index (χ0) is 28.0. The molecule has 5 heterocycles. The Morgan fingerprint density at radius 3 is 2.70 bits per heavy atom. The summed E-state index contributed by atoms with van der Waals surface area (Å²) in [6, 6.07) is 9.63. The molecule has 2 saturated heterocycles. The standard InChI is InChI=1S/C27H25N5O6S2/c1-16-3-2-6-31-23(16)28-24(18(25(31)35)12-21-26(36)32(14-22(33)34)27(39)40-21)30-9-7-29(8-10-30)13-17-4-5-19-20(11-17)38-15-37-19/h2-6,11-12H,7-10,13-15H2,1H3,(H,33,34)/b21-12+. The van der Waals surface area contributed by atoms with Crippen LogP contribution in [0.2, 0.25) is 0 Å². The molecule has 0 atom stereocenters. The van der Waals surface area contributed by atoms with Crippen molar-refractivity contribution in [2.45, 2.75) is 13.5 Å². The number of thiocarbonyl (C=S) groups is 1. The van der Waals surface area contributed by atoms with Crippen molar-refractivity contribution in [3.63, 3.8) is 0 Å². The quantitative estimate of drug-likeness (QED) is 0.343. The lowest BCUT2D eigenvalue weighted by molar-refractivity contribution is -0.140. The number of carboxylic acid groups (broad SMARTS) is 1. The van der Waals surface area contributed by atoms with Crippen LogP contribution in [0, 0.1) is 6.92 Å². The highest BCUT2D eigenvalue weighted by atomic mass is 32.2. The summed E-state index contributed by atoms with van der Waals surface area (Å²) >= 11 is 6.23. The molecule has 1 N–H and O–H groups in total. The van der Waals surface area contributed by atoms with Gasteiger partial charge in [-0.25, -0.2) is 4.98 Å². The zero-order valence-electron chi connectivity index (χ0n) is 21.5. The third-order valence-corrected chi connectivity index (χ3v) is 8.40. The van der Waals surface area contributed by atoms with E-state index in [1.807, 2.05) is 31.2 Å². The Kier molecular flexibility index (Phi) is 6.94. The second-order valence-corrected chi connectivity index (χ2v) is 11.3. The number of aliphatic carboxylic acids is 1. The Morgan fingerprint density at radius 1 is 1.15 bits per heavy atom. The molecular formula is C27H25N5O6S2.